The van der Waals surface area contributed by atoms with Crippen LogP contribution in [0.15, 0.2) is 47.2 Å². The normalized spacial score (nSPS) is 10.3. The number of benzene rings is 1. The van der Waals surface area contributed by atoms with Crippen molar-refractivity contribution in [1.82, 2.24) is 15.3 Å². The van der Waals surface area contributed by atoms with Crippen LogP contribution in [0.1, 0.15) is 16.2 Å². The lowest BCUT2D eigenvalue weighted by Crippen LogP contribution is -2.24. The predicted molar refractivity (Wildman–Crippen MR) is 99.7 cm³/mol. The number of amides is 1. The second kappa shape index (κ2) is 8.41. The minimum absolute atomic E-state index is 0.207. The molecule has 3 aromatic rings. The Balaban J connectivity index is 1.76. The molecule has 3 rings (SSSR count). The van der Waals surface area contributed by atoms with Crippen molar-refractivity contribution in [2.75, 3.05) is 19.5 Å². The molecule has 0 bridgehead atoms. The molecule has 2 aromatic heterocycles. The number of rotatable bonds is 7. The van der Waals surface area contributed by atoms with Crippen molar-refractivity contribution < 1.29 is 18.7 Å². The summed E-state index contributed by atoms with van der Waals surface area (Å²) in [6.07, 6.45) is 3.03. The lowest BCUT2D eigenvalue weighted by molar-refractivity contribution is 0.0943. The molecule has 140 valence electrons. The summed E-state index contributed by atoms with van der Waals surface area (Å²) in [5.74, 6) is 1.47. The number of carbonyl (C=O) groups excluding carboxylic acids is 1. The quantitative estimate of drug-likeness (QED) is 0.639. The van der Waals surface area contributed by atoms with Gasteiger partial charge in [0.2, 0.25) is 5.95 Å². The van der Waals surface area contributed by atoms with Gasteiger partial charge in [0.05, 0.1) is 37.7 Å². The van der Waals surface area contributed by atoms with Gasteiger partial charge in [-0.3, -0.25) is 4.79 Å². The average Bonchev–Trinajstić information content (AvgIpc) is 3.21. The molecule has 0 spiro atoms. The molecule has 2 heterocycles. The van der Waals surface area contributed by atoms with Gasteiger partial charge < -0.3 is 24.5 Å². The number of methoxy groups -OCH3 is 2. The van der Waals surface area contributed by atoms with Crippen molar-refractivity contribution >= 4 is 29.1 Å². The Bertz CT molecular complexity index is 931. The van der Waals surface area contributed by atoms with Crippen LogP contribution in [-0.2, 0) is 6.54 Å². The summed E-state index contributed by atoms with van der Waals surface area (Å²) >= 11 is 6.10. The standard InChI is InChI=1S/C18H17ClN4O4/c1-25-15-9-14(16(26-2)8-12(15)19)23-18-20-6-5-13(22-18)17(24)21-10-11-4-3-7-27-11/h3-9H,10H2,1-2H3,(H,21,24)(H,20,22,23). The molecule has 2 N–H and O–H groups in total. The van der Waals surface area contributed by atoms with Crippen LogP contribution >= 0.6 is 11.6 Å². The highest BCUT2D eigenvalue weighted by molar-refractivity contribution is 6.32. The Hall–Kier alpha value is -3.26. The summed E-state index contributed by atoms with van der Waals surface area (Å²) in [6.45, 7) is 0.265. The summed E-state index contributed by atoms with van der Waals surface area (Å²) in [5.41, 5.74) is 0.755. The fourth-order valence-corrected chi connectivity index (χ4v) is 2.53. The lowest BCUT2D eigenvalue weighted by atomic mass is 10.2. The number of aromatic nitrogens is 2. The predicted octanol–water partition coefficient (Wildman–Crippen LogP) is 3.41. The number of hydrogen-bond donors (Lipinski definition) is 2. The van der Waals surface area contributed by atoms with Gasteiger partial charge in [-0.15, -0.1) is 0 Å². The van der Waals surface area contributed by atoms with Crippen molar-refractivity contribution in [2.24, 2.45) is 0 Å². The smallest absolute Gasteiger partial charge is 0.270 e. The zero-order valence-electron chi connectivity index (χ0n) is 14.7. The first-order chi connectivity index (χ1) is 13.1. The molecule has 0 unspecified atom stereocenters. The molecule has 0 radical (unpaired) electrons. The maximum atomic E-state index is 12.3. The molecule has 0 saturated carbocycles. The van der Waals surface area contributed by atoms with E-state index in [0.717, 1.165) is 0 Å². The van der Waals surface area contributed by atoms with E-state index in [2.05, 4.69) is 20.6 Å². The maximum absolute atomic E-state index is 12.3. The van der Waals surface area contributed by atoms with Crippen molar-refractivity contribution in [1.29, 1.82) is 0 Å². The third-order valence-corrected chi connectivity index (χ3v) is 3.91. The molecular weight excluding hydrogens is 372 g/mol. The summed E-state index contributed by atoms with van der Waals surface area (Å²) in [7, 11) is 3.03. The van der Waals surface area contributed by atoms with Crippen LogP contribution in [0, 0.1) is 0 Å². The Morgan fingerprint density at radius 2 is 2.04 bits per heavy atom. The van der Waals surface area contributed by atoms with Crippen LogP contribution < -0.4 is 20.1 Å². The molecular formula is C18H17ClN4O4. The first-order valence-electron chi connectivity index (χ1n) is 7.93. The van der Waals surface area contributed by atoms with Gasteiger partial charge in [-0.2, -0.15) is 0 Å². The monoisotopic (exact) mass is 388 g/mol. The van der Waals surface area contributed by atoms with Crippen LogP contribution in [0.2, 0.25) is 5.02 Å². The highest BCUT2D eigenvalue weighted by atomic mass is 35.5. The number of anilines is 2. The van der Waals surface area contributed by atoms with E-state index in [9.17, 15) is 4.79 Å². The van der Waals surface area contributed by atoms with Crippen molar-refractivity contribution in [3.05, 3.63) is 59.3 Å². The summed E-state index contributed by atoms with van der Waals surface area (Å²) in [6, 6.07) is 8.31. The Kier molecular flexibility index (Phi) is 5.77. The van der Waals surface area contributed by atoms with E-state index in [4.69, 9.17) is 25.5 Å². The van der Waals surface area contributed by atoms with Crippen LogP contribution in [0.25, 0.3) is 0 Å². The third-order valence-electron chi connectivity index (χ3n) is 3.61. The maximum Gasteiger partial charge on any atom is 0.270 e. The number of nitrogens with one attached hydrogen (secondary N) is 2. The van der Waals surface area contributed by atoms with E-state index in [0.29, 0.717) is 28.0 Å². The third kappa shape index (κ3) is 4.48. The highest BCUT2D eigenvalue weighted by Gasteiger charge is 2.13. The van der Waals surface area contributed by atoms with Crippen molar-refractivity contribution in [3.63, 3.8) is 0 Å². The van der Waals surface area contributed by atoms with Crippen LogP contribution in [0.5, 0.6) is 11.5 Å². The first-order valence-corrected chi connectivity index (χ1v) is 8.30. The molecule has 1 aromatic carbocycles. The largest absolute Gasteiger partial charge is 0.495 e. The Labute approximate surface area is 160 Å². The zero-order chi connectivity index (χ0) is 19.2. The molecule has 9 heteroatoms. The van der Waals surface area contributed by atoms with E-state index in [-0.39, 0.29) is 24.1 Å². The Morgan fingerprint density at radius 1 is 1.22 bits per heavy atom. The molecule has 0 aliphatic heterocycles. The summed E-state index contributed by atoms with van der Waals surface area (Å²) in [5, 5.41) is 6.14. The summed E-state index contributed by atoms with van der Waals surface area (Å²) < 4.78 is 15.7. The zero-order valence-corrected chi connectivity index (χ0v) is 15.4. The molecule has 0 aliphatic carbocycles. The minimum atomic E-state index is -0.350. The van der Waals surface area contributed by atoms with Crippen molar-refractivity contribution in [2.45, 2.75) is 6.54 Å². The van der Waals surface area contributed by atoms with Gasteiger partial charge in [0.15, 0.2) is 0 Å². The van der Waals surface area contributed by atoms with E-state index >= 15 is 0 Å². The number of halogens is 1. The fourth-order valence-electron chi connectivity index (χ4n) is 2.30. The number of carbonyl (C=O) groups is 1. The molecule has 0 atom stereocenters. The number of furan rings is 1. The van der Waals surface area contributed by atoms with Crippen LogP contribution in [0.4, 0.5) is 11.6 Å². The lowest BCUT2D eigenvalue weighted by Gasteiger charge is -2.13. The van der Waals surface area contributed by atoms with E-state index in [1.54, 1.807) is 30.5 Å². The molecule has 27 heavy (non-hydrogen) atoms. The highest BCUT2D eigenvalue weighted by Crippen LogP contribution is 2.36. The molecule has 0 saturated heterocycles. The van der Waals surface area contributed by atoms with Gasteiger partial charge >= 0.3 is 0 Å². The van der Waals surface area contributed by atoms with Gasteiger partial charge in [0.1, 0.15) is 23.0 Å². The van der Waals surface area contributed by atoms with Crippen molar-refractivity contribution in [3.8, 4) is 11.5 Å². The van der Waals surface area contributed by atoms with Crippen LogP contribution in [0.3, 0.4) is 0 Å². The van der Waals surface area contributed by atoms with E-state index < -0.39 is 0 Å². The second-order valence-electron chi connectivity index (χ2n) is 5.34. The van der Waals surface area contributed by atoms with Gasteiger partial charge in [0, 0.05) is 18.3 Å². The topological polar surface area (TPSA) is 98.5 Å². The number of nitrogens with zero attached hydrogens (tertiary/aromatic N) is 2. The molecule has 1 amide bonds. The number of ether oxygens (including phenoxy) is 2. The molecule has 0 aliphatic rings. The van der Waals surface area contributed by atoms with E-state index in [1.807, 2.05) is 0 Å². The second-order valence-corrected chi connectivity index (χ2v) is 5.75. The fraction of sp³-hybridized carbons (Fsp3) is 0.167. The van der Waals surface area contributed by atoms with Gasteiger partial charge in [-0.1, -0.05) is 11.6 Å². The Morgan fingerprint density at radius 3 is 2.74 bits per heavy atom. The van der Waals surface area contributed by atoms with Crippen LogP contribution in [-0.4, -0.2) is 30.1 Å². The SMILES string of the molecule is COc1cc(Nc2nccc(C(=O)NCc3ccco3)n2)c(OC)cc1Cl. The summed E-state index contributed by atoms with van der Waals surface area (Å²) in [4.78, 5) is 20.6. The number of hydrogen-bond acceptors (Lipinski definition) is 7. The van der Waals surface area contributed by atoms with Gasteiger partial charge in [-0.25, -0.2) is 9.97 Å². The molecule has 0 fully saturated rings. The van der Waals surface area contributed by atoms with Gasteiger partial charge in [0.25, 0.3) is 5.91 Å². The van der Waals surface area contributed by atoms with Gasteiger partial charge in [-0.05, 0) is 18.2 Å². The van der Waals surface area contributed by atoms with E-state index in [1.165, 1.54) is 26.5 Å². The average molecular weight is 389 g/mol. The molecule has 8 nitrogen and oxygen atoms in total. The first kappa shape index (κ1) is 18.5. The minimum Gasteiger partial charge on any atom is -0.495 e.